The van der Waals surface area contributed by atoms with Crippen LogP contribution in [-0.2, 0) is 14.3 Å². The first-order valence-corrected chi connectivity index (χ1v) is 6.68. The quantitative estimate of drug-likeness (QED) is 0.189. The first-order chi connectivity index (χ1) is 8.25. The molecule has 0 saturated heterocycles. The van der Waals surface area contributed by atoms with E-state index in [1.807, 2.05) is 0 Å². The van der Waals surface area contributed by atoms with Gasteiger partial charge in [-0.2, -0.15) is 0 Å². The van der Waals surface area contributed by atoms with Gasteiger partial charge in [0.1, 0.15) is 6.61 Å². The van der Waals surface area contributed by atoms with E-state index in [0.29, 0.717) is 18.8 Å². The number of ether oxygens (including phenoxy) is 2. The largest absolute Gasteiger partial charge is 0.457 e. The van der Waals surface area contributed by atoms with Crippen LogP contribution in [0.4, 0.5) is 0 Å². The molecule has 17 heavy (non-hydrogen) atoms. The number of rotatable bonds is 7. The number of esters is 1. The Balaban J connectivity index is 2.31. The molecule has 0 amide bonds. The van der Waals surface area contributed by atoms with Gasteiger partial charge in [0.15, 0.2) is 0 Å². The number of hydrogen-bond acceptors (Lipinski definition) is 4. The van der Waals surface area contributed by atoms with E-state index in [0.717, 1.165) is 4.43 Å². The van der Waals surface area contributed by atoms with Crippen LogP contribution < -0.4 is 0 Å². The second-order valence-electron chi connectivity index (χ2n) is 3.13. The van der Waals surface area contributed by atoms with E-state index in [1.54, 1.807) is 30.3 Å². The van der Waals surface area contributed by atoms with Gasteiger partial charge >= 0.3 is 5.97 Å². The fraction of sp³-hybridized carbons (Fsp3) is 0.333. The zero-order valence-corrected chi connectivity index (χ0v) is 11.4. The maximum absolute atomic E-state index is 11.5. The Bertz CT molecular complexity index is 364. The van der Waals surface area contributed by atoms with Crippen LogP contribution in [0.2, 0.25) is 0 Å². The number of ketones is 1. The molecule has 0 N–H and O–H groups in total. The monoisotopic (exact) mass is 348 g/mol. The third-order valence-electron chi connectivity index (χ3n) is 1.90. The molecule has 0 heterocycles. The van der Waals surface area contributed by atoms with Crippen LogP contribution in [0, 0.1) is 0 Å². The van der Waals surface area contributed by atoms with Gasteiger partial charge in [-0.05, 0) is 0 Å². The van der Waals surface area contributed by atoms with Crippen molar-refractivity contribution < 1.29 is 19.1 Å². The summed E-state index contributed by atoms with van der Waals surface area (Å²) in [5, 5.41) is 0. The summed E-state index contributed by atoms with van der Waals surface area (Å²) in [5.74, 6) is -1.46. The second-order valence-corrected chi connectivity index (χ2v) is 4.21. The Hall–Kier alpha value is -0.950. The van der Waals surface area contributed by atoms with Crippen molar-refractivity contribution in [1.82, 2.24) is 0 Å². The molecule has 0 bridgehead atoms. The van der Waals surface area contributed by atoms with Crippen molar-refractivity contribution in [3.8, 4) is 0 Å². The van der Waals surface area contributed by atoms with Crippen LogP contribution in [0.15, 0.2) is 30.3 Å². The molecule has 0 radical (unpaired) electrons. The van der Waals surface area contributed by atoms with Crippen molar-refractivity contribution in [1.29, 1.82) is 0 Å². The van der Waals surface area contributed by atoms with Gasteiger partial charge in [0, 0.05) is 9.99 Å². The molecule has 0 spiro atoms. The van der Waals surface area contributed by atoms with E-state index in [9.17, 15) is 9.59 Å². The molecule has 0 unspecified atom stereocenters. The molecule has 0 aromatic heterocycles. The van der Waals surface area contributed by atoms with E-state index in [2.05, 4.69) is 22.6 Å². The first-order valence-electron chi connectivity index (χ1n) is 5.16. The maximum Gasteiger partial charge on any atom is 0.379 e. The third kappa shape index (κ3) is 5.27. The molecule has 0 atom stereocenters. The average Bonchev–Trinajstić information content (AvgIpc) is 2.38. The molecule has 0 aliphatic heterocycles. The highest BCUT2D eigenvalue weighted by atomic mass is 127. The fourth-order valence-corrected chi connectivity index (χ4v) is 1.43. The van der Waals surface area contributed by atoms with Gasteiger partial charge in [0.05, 0.1) is 13.2 Å². The van der Waals surface area contributed by atoms with Crippen molar-refractivity contribution in [3.63, 3.8) is 0 Å². The number of alkyl halides is 1. The van der Waals surface area contributed by atoms with E-state index >= 15 is 0 Å². The van der Waals surface area contributed by atoms with Crippen LogP contribution >= 0.6 is 22.6 Å². The van der Waals surface area contributed by atoms with Gasteiger partial charge in [-0.3, -0.25) is 4.79 Å². The molecule has 92 valence electrons. The molecule has 0 aliphatic rings. The molecule has 0 saturated carbocycles. The average molecular weight is 348 g/mol. The van der Waals surface area contributed by atoms with Crippen molar-refractivity contribution in [2.45, 2.75) is 0 Å². The molecular weight excluding hydrogens is 335 g/mol. The first kappa shape index (κ1) is 14.1. The molecule has 1 aromatic carbocycles. The standard InChI is InChI=1S/C12H13IO4/c13-6-7-16-8-9-17-12(15)11(14)10-4-2-1-3-5-10/h1-5H,6-9H2. The molecule has 5 heteroatoms. The van der Waals surface area contributed by atoms with Crippen molar-refractivity contribution in [3.05, 3.63) is 35.9 Å². The Labute approximate surface area is 113 Å². The van der Waals surface area contributed by atoms with Crippen molar-refractivity contribution in [2.24, 2.45) is 0 Å². The van der Waals surface area contributed by atoms with Gasteiger partial charge in [-0.1, -0.05) is 52.9 Å². The molecular formula is C12H13IO4. The molecule has 0 fully saturated rings. The van der Waals surface area contributed by atoms with E-state index < -0.39 is 11.8 Å². The number of hydrogen-bond donors (Lipinski definition) is 0. The minimum absolute atomic E-state index is 0.105. The summed E-state index contributed by atoms with van der Waals surface area (Å²) in [5.41, 5.74) is 0.339. The Morgan fingerprint density at radius 1 is 1.06 bits per heavy atom. The summed E-state index contributed by atoms with van der Waals surface area (Å²) in [6.07, 6.45) is 0. The minimum atomic E-state index is -0.839. The number of carbonyl (C=O) groups is 2. The summed E-state index contributed by atoms with van der Waals surface area (Å²) >= 11 is 2.18. The van der Waals surface area contributed by atoms with Crippen LogP contribution in [-0.4, -0.2) is 36.0 Å². The highest BCUT2D eigenvalue weighted by Crippen LogP contribution is 2.01. The summed E-state index contributed by atoms with van der Waals surface area (Å²) in [6.45, 7) is 1.04. The number of benzene rings is 1. The van der Waals surface area contributed by atoms with Crippen molar-refractivity contribution >= 4 is 34.3 Å². The predicted molar refractivity (Wildman–Crippen MR) is 71.4 cm³/mol. The fourth-order valence-electron chi connectivity index (χ4n) is 1.12. The van der Waals surface area contributed by atoms with Gasteiger partial charge in [0.2, 0.25) is 0 Å². The van der Waals surface area contributed by atoms with E-state index in [-0.39, 0.29) is 6.61 Å². The van der Waals surface area contributed by atoms with Crippen LogP contribution in [0.3, 0.4) is 0 Å². The normalized spacial score (nSPS) is 9.94. The van der Waals surface area contributed by atoms with Gasteiger partial charge < -0.3 is 9.47 Å². The summed E-state index contributed by atoms with van der Waals surface area (Å²) in [4.78, 5) is 22.9. The van der Waals surface area contributed by atoms with Gasteiger partial charge in [-0.25, -0.2) is 4.79 Å². The van der Waals surface area contributed by atoms with Crippen molar-refractivity contribution in [2.75, 3.05) is 24.2 Å². The lowest BCUT2D eigenvalue weighted by molar-refractivity contribution is -0.139. The molecule has 4 nitrogen and oxygen atoms in total. The highest BCUT2D eigenvalue weighted by molar-refractivity contribution is 14.1. The van der Waals surface area contributed by atoms with Crippen LogP contribution in [0.1, 0.15) is 10.4 Å². The Morgan fingerprint density at radius 3 is 2.41 bits per heavy atom. The lowest BCUT2D eigenvalue weighted by Crippen LogP contribution is -2.20. The maximum atomic E-state index is 11.5. The summed E-state index contributed by atoms with van der Waals surface area (Å²) in [7, 11) is 0. The van der Waals surface area contributed by atoms with E-state index in [4.69, 9.17) is 9.47 Å². The van der Waals surface area contributed by atoms with Gasteiger partial charge in [-0.15, -0.1) is 0 Å². The lowest BCUT2D eigenvalue weighted by atomic mass is 10.1. The number of halogens is 1. The summed E-state index contributed by atoms with van der Waals surface area (Å²) < 4.78 is 10.8. The molecule has 1 rings (SSSR count). The topological polar surface area (TPSA) is 52.6 Å². The Morgan fingerprint density at radius 2 is 1.76 bits per heavy atom. The lowest BCUT2D eigenvalue weighted by Gasteiger charge is -2.04. The molecule has 0 aliphatic carbocycles. The smallest absolute Gasteiger partial charge is 0.379 e. The number of carbonyl (C=O) groups excluding carboxylic acids is 2. The summed E-state index contributed by atoms with van der Waals surface area (Å²) in [6, 6.07) is 8.33. The second kappa shape index (κ2) is 8.19. The predicted octanol–water partition coefficient (Wildman–Crippen LogP) is 1.86. The molecule has 1 aromatic rings. The Kier molecular flexibility index (Phi) is 6.80. The highest BCUT2D eigenvalue weighted by Gasteiger charge is 2.16. The van der Waals surface area contributed by atoms with Crippen LogP contribution in [0.5, 0.6) is 0 Å². The zero-order valence-electron chi connectivity index (χ0n) is 9.23. The SMILES string of the molecule is O=C(OCCOCCI)C(=O)c1ccccc1. The van der Waals surface area contributed by atoms with Crippen LogP contribution in [0.25, 0.3) is 0 Å². The number of Topliss-reactive ketones (excluding diaryl/α,β-unsaturated/α-hetero) is 1. The minimum Gasteiger partial charge on any atom is -0.457 e. The van der Waals surface area contributed by atoms with E-state index in [1.165, 1.54) is 0 Å². The van der Waals surface area contributed by atoms with Gasteiger partial charge in [0.25, 0.3) is 5.78 Å². The third-order valence-corrected chi connectivity index (χ3v) is 2.34. The zero-order chi connectivity index (χ0) is 12.5.